The van der Waals surface area contributed by atoms with Crippen molar-refractivity contribution in [3.8, 4) is 0 Å². The Hall–Kier alpha value is -1.48. The van der Waals surface area contributed by atoms with E-state index >= 15 is 0 Å². The van der Waals surface area contributed by atoms with Gasteiger partial charge in [0.25, 0.3) is 0 Å². The molecule has 1 aromatic carbocycles. The molecule has 0 radical (unpaired) electrons. The van der Waals surface area contributed by atoms with Gasteiger partial charge in [-0.3, -0.25) is 4.57 Å². The lowest BCUT2D eigenvalue weighted by atomic mass is 10.2. The number of ether oxygens (including phenoxy) is 1. The van der Waals surface area contributed by atoms with Crippen molar-refractivity contribution in [1.82, 2.24) is 4.57 Å². The van der Waals surface area contributed by atoms with Gasteiger partial charge in [0.15, 0.2) is 0 Å². The highest BCUT2D eigenvalue weighted by Gasteiger charge is 2.19. The lowest BCUT2D eigenvalue weighted by Gasteiger charge is -2.19. The Balaban J connectivity index is 2.46. The molecule has 0 fully saturated rings. The molecule has 4 heteroatoms. The Bertz CT molecular complexity index is 608. The quantitative estimate of drug-likeness (QED) is 0.707. The second kappa shape index (κ2) is 4.32. The Labute approximate surface area is 111 Å². The molecule has 1 heterocycles. The average Bonchev–Trinajstić information content (AvgIpc) is 2.59. The predicted molar refractivity (Wildman–Crippen MR) is 73.3 cm³/mol. The van der Waals surface area contributed by atoms with E-state index in [1.165, 1.54) is 4.57 Å². The molecule has 0 saturated heterocycles. The number of aryl methyl sites for hydroxylation is 1. The molecular weight excluding hydrogens is 250 g/mol. The van der Waals surface area contributed by atoms with Crippen molar-refractivity contribution in [3.05, 3.63) is 35.0 Å². The molecule has 96 valence electrons. The number of hydrogen-bond acceptors (Lipinski definition) is 2. The van der Waals surface area contributed by atoms with E-state index in [-0.39, 0.29) is 6.09 Å². The van der Waals surface area contributed by atoms with Gasteiger partial charge in [-0.15, -0.1) is 0 Å². The van der Waals surface area contributed by atoms with E-state index < -0.39 is 5.60 Å². The summed E-state index contributed by atoms with van der Waals surface area (Å²) in [6.07, 6.45) is 1.33. The predicted octanol–water partition coefficient (Wildman–Crippen LogP) is 4.39. The highest BCUT2D eigenvalue weighted by molar-refractivity contribution is 6.32. The van der Waals surface area contributed by atoms with Crippen LogP contribution >= 0.6 is 11.6 Å². The summed E-state index contributed by atoms with van der Waals surface area (Å²) in [6.45, 7) is 7.45. The number of aromatic nitrogens is 1. The largest absolute Gasteiger partial charge is 0.443 e. The van der Waals surface area contributed by atoms with Gasteiger partial charge in [-0.2, -0.15) is 0 Å². The molecule has 18 heavy (non-hydrogen) atoms. The number of rotatable bonds is 0. The van der Waals surface area contributed by atoms with Crippen LogP contribution in [0.2, 0.25) is 5.02 Å². The third-order valence-electron chi connectivity index (χ3n) is 2.56. The first-order chi connectivity index (χ1) is 8.28. The van der Waals surface area contributed by atoms with E-state index in [1.807, 2.05) is 45.9 Å². The highest BCUT2D eigenvalue weighted by atomic mass is 35.5. The fraction of sp³-hybridized carbons (Fsp3) is 0.357. The summed E-state index contributed by atoms with van der Waals surface area (Å²) >= 11 is 6.06. The van der Waals surface area contributed by atoms with Crippen LogP contribution in [0.3, 0.4) is 0 Å². The van der Waals surface area contributed by atoms with Gasteiger partial charge < -0.3 is 4.74 Å². The number of nitrogens with zero attached hydrogens (tertiary/aromatic N) is 1. The molecule has 2 rings (SSSR count). The van der Waals surface area contributed by atoms with Crippen molar-refractivity contribution in [1.29, 1.82) is 0 Å². The average molecular weight is 266 g/mol. The number of carbonyl (C=O) groups is 1. The molecule has 0 N–H and O–H groups in total. The van der Waals surface area contributed by atoms with Gasteiger partial charge >= 0.3 is 6.09 Å². The van der Waals surface area contributed by atoms with E-state index in [2.05, 4.69) is 0 Å². The van der Waals surface area contributed by atoms with Crippen molar-refractivity contribution >= 4 is 28.6 Å². The minimum Gasteiger partial charge on any atom is -0.443 e. The van der Waals surface area contributed by atoms with Crippen LogP contribution in [0.1, 0.15) is 26.3 Å². The maximum atomic E-state index is 12.0. The Morgan fingerprint density at radius 1 is 1.33 bits per heavy atom. The van der Waals surface area contributed by atoms with Crippen molar-refractivity contribution < 1.29 is 9.53 Å². The topological polar surface area (TPSA) is 31.2 Å². The van der Waals surface area contributed by atoms with Crippen LogP contribution in [-0.4, -0.2) is 16.3 Å². The monoisotopic (exact) mass is 265 g/mol. The van der Waals surface area contributed by atoms with Gasteiger partial charge in [0, 0.05) is 16.6 Å². The first-order valence-electron chi connectivity index (χ1n) is 5.78. The molecule has 0 aliphatic carbocycles. The summed E-state index contributed by atoms with van der Waals surface area (Å²) in [5.41, 5.74) is 1.24. The van der Waals surface area contributed by atoms with Crippen LogP contribution in [0.15, 0.2) is 24.4 Å². The van der Waals surface area contributed by atoms with Crippen LogP contribution < -0.4 is 0 Å². The first kappa shape index (κ1) is 13.0. The number of carbonyl (C=O) groups excluding carboxylic acids is 1. The van der Waals surface area contributed by atoms with Crippen LogP contribution in [-0.2, 0) is 4.74 Å². The standard InChI is InChI=1S/C14H16ClNO2/c1-9-7-12-10(8-11(9)15)5-6-16(12)13(17)18-14(2,3)4/h5-8H,1-4H3. The zero-order valence-corrected chi connectivity index (χ0v) is 11.7. The van der Waals surface area contributed by atoms with Crippen LogP contribution in [0.25, 0.3) is 10.9 Å². The maximum Gasteiger partial charge on any atom is 0.418 e. The molecule has 0 aliphatic rings. The lowest BCUT2D eigenvalue weighted by Crippen LogP contribution is -2.26. The Morgan fingerprint density at radius 2 is 2.00 bits per heavy atom. The van der Waals surface area contributed by atoms with Crippen LogP contribution in [0, 0.1) is 6.92 Å². The van der Waals surface area contributed by atoms with Gasteiger partial charge in [-0.05, 0) is 51.5 Å². The lowest BCUT2D eigenvalue weighted by molar-refractivity contribution is 0.0544. The van der Waals surface area contributed by atoms with Crippen LogP contribution in [0.4, 0.5) is 4.79 Å². The SMILES string of the molecule is Cc1cc2c(ccn2C(=O)OC(C)(C)C)cc1Cl. The van der Waals surface area contributed by atoms with E-state index in [4.69, 9.17) is 16.3 Å². The smallest absolute Gasteiger partial charge is 0.418 e. The summed E-state index contributed by atoms with van der Waals surface area (Å²) in [5.74, 6) is 0. The minimum absolute atomic E-state index is 0.376. The first-order valence-corrected chi connectivity index (χ1v) is 6.16. The fourth-order valence-electron chi connectivity index (χ4n) is 1.73. The summed E-state index contributed by atoms with van der Waals surface area (Å²) in [7, 11) is 0. The van der Waals surface area contributed by atoms with Gasteiger partial charge in [0.1, 0.15) is 5.60 Å². The minimum atomic E-state index is -0.505. The van der Waals surface area contributed by atoms with Crippen molar-refractivity contribution in [2.75, 3.05) is 0 Å². The summed E-state index contributed by atoms with van der Waals surface area (Å²) < 4.78 is 6.86. The Morgan fingerprint density at radius 3 is 2.61 bits per heavy atom. The molecular formula is C14H16ClNO2. The fourth-order valence-corrected chi connectivity index (χ4v) is 1.90. The third-order valence-corrected chi connectivity index (χ3v) is 2.97. The second-order valence-electron chi connectivity index (χ2n) is 5.33. The van der Waals surface area contributed by atoms with Gasteiger partial charge in [0.2, 0.25) is 0 Å². The number of fused-ring (bicyclic) bond motifs is 1. The molecule has 0 saturated carbocycles. The maximum absolute atomic E-state index is 12.0. The second-order valence-corrected chi connectivity index (χ2v) is 5.73. The number of hydrogen-bond donors (Lipinski definition) is 0. The van der Waals surface area contributed by atoms with Gasteiger partial charge in [-0.25, -0.2) is 4.79 Å². The van der Waals surface area contributed by atoms with E-state index in [0.29, 0.717) is 5.02 Å². The van der Waals surface area contributed by atoms with E-state index in [1.54, 1.807) is 6.20 Å². The number of benzene rings is 1. The summed E-state index contributed by atoms with van der Waals surface area (Å²) in [5, 5.41) is 1.63. The Kier molecular flexibility index (Phi) is 3.11. The van der Waals surface area contributed by atoms with E-state index in [0.717, 1.165) is 16.5 Å². The summed E-state index contributed by atoms with van der Waals surface area (Å²) in [6, 6.07) is 5.60. The summed E-state index contributed by atoms with van der Waals surface area (Å²) in [4.78, 5) is 12.0. The normalized spacial score (nSPS) is 11.8. The molecule has 0 unspecified atom stereocenters. The molecule has 3 nitrogen and oxygen atoms in total. The third kappa shape index (κ3) is 2.51. The van der Waals surface area contributed by atoms with Gasteiger partial charge in [0.05, 0.1) is 5.52 Å². The van der Waals surface area contributed by atoms with Crippen molar-refractivity contribution in [2.45, 2.75) is 33.3 Å². The highest BCUT2D eigenvalue weighted by Crippen LogP contribution is 2.25. The molecule has 0 spiro atoms. The zero-order chi connectivity index (χ0) is 13.5. The molecule has 0 bridgehead atoms. The molecule has 0 amide bonds. The molecule has 0 aliphatic heterocycles. The molecule has 0 atom stereocenters. The van der Waals surface area contributed by atoms with Gasteiger partial charge in [-0.1, -0.05) is 11.6 Å². The van der Waals surface area contributed by atoms with E-state index in [9.17, 15) is 4.79 Å². The van der Waals surface area contributed by atoms with Crippen molar-refractivity contribution in [3.63, 3.8) is 0 Å². The molecule has 1 aromatic heterocycles. The number of halogens is 1. The zero-order valence-electron chi connectivity index (χ0n) is 11.0. The molecule has 2 aromatic rings. The van der Waals surface area contributed by atoms with Crippen LogP contribution in [0.5, 0.6) is 0 Å². The van der Waals surface area contributed by atoms with Crippen molar-refractivity contribution in [2.24, 2.45) is 0 Å².